The second-order valence-corrected chi connectivity index (χ2v) is 4.04. The van der Waals surface area contributed by atoms with E-state index in [0.29, 0.717) is 0 Å². The van der Waals surface area contributed by atoms with Gasteiger partial charge in [0.1, 0.15) is 0 Å². The van der Waals surface area contributed by atoms with E-state index in [9.17, 15) is 4.79 Å². The molecule has 2 unspecified atom stereocenters. The van der Waals surface area contributed by atoms with Crippen molar-refractivity contribution in [1.29, 1.82) is 0 Å². The second kappa shape index (κ2) is 4.00. The molecule has 1 aromatic heterocycles. The lowest BCUT2D eigenvalue weighted by Crippen LogP contribution is -2.35. The summed E-state index contributed by atoms with van der Waals surface area (Å²) in [6.45, 7) is 0. The molecule has 4 nitrogen and oxygen atoms in total. The summed E-state index contributed by atoms with van der Waals surface area (Å²) >= 11 is 0. The SMILES string of the molecule is NC1CCCCCC1n1cc[nH]c1=O. The fraction of sp³-hybridized carbons (Fsp3) is 0.700. The predicted molar refractivity (Wildman–Crippen MR) is 55.2 cm³/mol. The van der Waals surface area contributed by atoms with Crippen LogP contribution in [0.15, 0.2) is 17.2 Å². The van der Waals surface area contributed by atoms with Crippen molar-refractivity contribution >= 4 is 0 Å². The molecular weight excluding hydrogens is 178 g/mol. The minimum absolute atomic E-state index is 0.0349. The molecule has 2 rings (SSSR count). The summed E-state index contributed by atoms with van der Waals surface area (Å²) < 4.78 is 1.75. The molecule has 14 heavy (non-hydrogen) atoms. The quantitative estimate of drug-likeness (QED) is 0.657. The van der Waals surface area contributed by atoms with Crippen LogP contribution in [-0.4, -0.2) is 15.6 Å². The molecule has 0 aliphatic heterocycles. The second-order valence-electron chi connectivity index (χ2n) is 4.04. The van der Waals surface area contributed by atoms with Crippen molar-refractivity contribution in [3.8, 4) is 0 Å². The number of nitrogens with one attached hydrogen (secondary N) is 1. The maximum atomic E-state index is 11.4. The molecule has 1 aromatic rings. The zero-order valence-corrected chi connectivity index (χ0v) is 8.28. The predicted octanol–water partition coefficient (Wildman–Crippen LogP) is 1.01. The maximum Gasteiger partial charge on any atom is 0.325 e. The van der Waals surface area contributed by atoms with E-state index in [4.69, 9.17) is 5.73 Å². The molecule has 0 aromatic carbocycles. The Morgan fingerprint density at radius 3 is 2.86 bits per heavy atom. The van der Waals surface area contributed by atoms with Gasteiger partial charge in [0.15, 0.2) is 0 Å². The van der Waals surface area contributed by atoms with Crippen LogP contribution in [0.2, 0.25) is 0 Å². The van der Waals surface area contributed by atoms with E-state index in [2.05, 4.69) is 4.98 Å². The molecule has 1 heterocycles. The smallest absolute Gasteiger partial charge is 0.325 e. The molecule has 0 amide bonds. The van der Waals surface area contributed by atoms with E-state index in [1.54, 1.807) is 17.0 Å². The van der Waals surface area contributed by atoms with Crippen LogP contribution >= 0.6 is 0 Å². The first kappa shape index (κ1) is 9.52. The van der Waals surface area contributed by atoms with E-state index in [0.717, 1.165) is 12.8 Å². The summed E-state index contributed by atoms with van der Waals surface area (Å²) in [7, 11) is 0. The maximum absolute atomic E-state index is 11.4. The zero-order valence-electron chi connectivity index (χ0n) is 8.28. The van der Waals surface area contributed by atoms with Gasteiger partial charge in [0.25, 0.3) is 0 Å². The lowest BCUT2D eigenvalue weighted by molar-refractivity contribution is 0.380. The van der Waals surface area contributed by atoms with Crippen molar-refractivity contribution in [3.63, 3.8) is 0 Å². The number of aromatic nitrogens is 2. The molecule has 78 valence electrons. The molecule has 3 N–H and O–H groups in total. The van der Waals surface area contributed by atoms with Crippen molar-refractivity contribution in [1.82, 2.24) is 9.55 Å². The summed E-state index contributed by atoms with van der Waals surface area (Å²) in [5.74, 6) is 0. The number of aromatic amines is 1. The Kier molecular flexibility index (Phi) is 2.72. The summed E-state index contributed by atoms with van der Waals surface area (Å²) in [6.07, 6.45) is 9.15. The standard InChI is InChI=1S/C10H17N3O/c11-8-4-2-1-3-5-9(8)13-7-6-12-10(13)14/h6-9H,1-5,11H2,(H,12,14). The Hall–Kier alpha value is -1.03. The molecule has 0 saturated heterocycles. The first-order valence-corrected chi connectivity index (χ1v) is 5.30. The summed E-state index contributed by atoms with van der Waals surface area (Å²) in [5, 5.41) is 0. The minimum Gasteiger partial charge on any atom is -0.326 e. The van der Waals surface area contributed by atoms with Crippen LogP contribution in [0.5, 0.6) is 0 Å². The number of hydrogen-bond donors (Lipinski definition) is 2. The molecule has 1 saturated carbocycles. The lowest BCUT2D eigenvalue weighted by Gasteiger charge is -2.21. The first-order chi connectivity index (χ1) is 6.79. The van der Waals surface area contributed by atoms with Gasteiger partial charge in [0, 0.05) is 18.4 Å². The molecule has 4 heteroatoms. The van der Waals surface area contributed by atoms with Crippen LogP contribution in [0.25, 0.3) is 0 Å². The first-order valence-electron chi connectivity index (χ1n) is 5.30. The van der Waals surface area contributed by atoms with E-state index in [1.807, 2.05) is 0 Å². The van der Waals surface area contributed by atoms with Gasteiger partial charge in [0.2, 0.25) is 0 Å². The number of hydrogen-bond acceptors (Lipinski definition) is 2. The molecule has 1 aliphatic rings. The third-order valence-corrected chi connectivity index (χ3v) is 3.07. The summed E-state index contributed by atoms with van der Waals surface area (Å²) in [6, 6.07) is 0.322. The van der Waals surface area contributed by atoms with Gasteiger partial charge < -0.3 is 10.7 Å². The van der Waals surface area contributed by atoms with Gasteiger partial charge in [-0.15, -0.1) is 0 Å². The fourth-order valence-corrected chi connectivity index (χ4v) is 2.25. The van der Waals surface area contributed by atoms with Gasteiger partial charge in [-0.3, -0.25) is 4.57 Å². The van der Waals surface area contributed by atoms with Crippen LogP contribution in [0.4, 0.5) is 0 Å². The van der Waals surface area contributed by atoms with Crippen molar-refractivity contribution in [2.45, 2.75) is 44.2 Å². The summed E-state index contributed by atoms with van der Waals surface area (Å²) in [4.78, 5) is 14.1. The van der Waals surface area contributed by atoms with Gasteiger partial charge >= 0.3 is 5.69 Å². The highest BCUT2D eigenvalue weighted by Gasteiger charge is 2.22. The number of rotatable bonds is 1. The van der Waals surface area contributed by atoms with E-state index >= 15 is 0 Å². The van der Waals surface area contributed by atoms with Crippen molar-refractivity contribution in [2.24, 2.45) is 5.73 Å². The van der Waals surface area contributed by atoms with Crippen LogP contribution in [0, 0.1) is 0 Å². The Balaban J connectivity index is 2.23. The monoisotopic (exact) mass is 195 g/mol. The fourth-order valence-electron chi connectivity index (χ4n) is 2.25. The Labute approximate surface area is 83.1 Å². The Bertz CT molecular complexity index is 341. The molecule has 0 spiro atoms. The summed E-state index contributed by atoms with van der Waals surface area (Å²) in [5.41, 5.74) is 6.03. The number of nitrogens with zero attached hydrogens (tertiary/aromatic N) is 1. The van der Waals surface area contributed by atoms with Crippen LogP contribution < -0.4 is 11.4 Å². The van der Waals surface area contributed by atoms with E-state index in [-0.39, 0.29) is 17.8 Å². The highest BCUT2D eigenvalue weighted by molar-refractivity contribution is 4.88. The van der Waals surface area contributed by atoms with Crippen LogP contribution in [0.3, 0.4) is 0 Å². The average molecular weight is 195 g/mol. The van der Waals surface area contributed by atoms with Crippen LogP contribution in [0.1, 0.15) is 38.1 Å². The molecule has 1 aliphatic carbocycles. The zero-order chi connectivity index (χ0) is 9.97. The van der Waals surface area contributed by atoms with Crippen molar-refractivity contribution in [2.75, 3.05) is 0 Å². The Morgan fingerprint density at radius 2 is 2.14 bits per heavy atom. The average Bonchev–Trinajstić information content (AvgIpc) is 2.46. The Morgan fingerprint density at radius 1 is 1.36 bits per heavy atom. The van der Waals surface area contributed by atoms with Gasteiger partial charge in [-0.05, 0) is 12.8 Å². The highest BCUT2D eigenvalue weighted by atomic mass is 16.1. The van der Waals surface area contributed by atoms with Crippen molar-refractivity contribution < 1.29 is 0 Å². The number of H-pyrrole nitrogens is 1. The van der Waals surface area contributed by atoms with E-state index < -0.39 is 0 Å². The molecule has 0 radical (unpaired) electrons. The molecule has 0 bridgehead atoms. The number of imidazole rings is 1. The van der Waals surface area contributed by atoms with Gasteiger partial charge in [-0.25, -0.2) is 4.79 Å². The van der Waals surface area contributed by atoms with Gasteiger partial charge in [-0.1, -0.05) is 19.3 Å². The largest absolute Gasteiger partial charge is 0.326 e. The molecule has 1 fully saturated rings. The lowest BCUT2D eigenvalue weighted by atomic mass is 10.0. The van der Waals surface area contributed by atoms with Crippen LogP contribution in [-0.2, 0) is 0 Å². The minimum atomic E-state index is -0.0349. The topological polar surface area (TPSA) is 63.8 Å². The van der Waals surface area contributed by atoms with Gasteiger partial charge in [0.05, 0.1) is 6.04 Å². The van der Waals surface area contributed by atoms with Crippen molar-refractivity contribution in [3.05, 3.63) is 22.9 Å². The third kappa shape index (κ3) is 1.75. The van der Waals surface area contributed by atoms with Gasteiger partial charge in [-0.2, -0.15) is 0 Å². The third-order valence-electron chi connectivity index (χ3n) is 3.07. The normalized spacial score (nSPS) is 28.6. The van der Waals surface area contributed by atoms with E-state index in [1.165, 1.54) is 19.3 Å². The highest BCUT2D eigenvalue weighted by Crippen LogP contribution is 2.24. The molecule has 2 atom stereocenters. The molecular formula is C10H17N3O. The number of nitrogens with two attached hydrogens (primary N) is 1.